The summed E-state index contributed by atoms with van der Waals surface area (Å²) in [6.07, 6.45) is 2.30. The van der Waals surface area contributed by atoms with E-state index in [2.05, 4.69) is 0 Å². The number of hydrogen-bond acceptors (Lipinski definition) is 4. The van der Waals surface area contributed by atoms with Crippen molar-refractivity contribution in [3.8, 4) is 0 Å². The number of fused-ring (bicyclic) bond motifs is 1. The van der Waals surface area contributed by atoms with Crippen LogP contribution < -0.4 is 5.73 Å². The first-order chi connectivity index (χ1) is 9.60. The Morgan fingerprint density at radius 2 is 2.35 bits per heavy atom. The van der Waals surface area contributed by atoms with E-state index in [1.807, 2.05) is 18.4 Å². The first kappa shape index (κ1) is 15.0. The van der Waals surface area contributed by atoms with E-state index in [1.165, 1.54) is 4.90 Å². The zero-order valence-corrected chi connectivity index (χ0v) is 12.4. The molecule has 0 bridgehead atoms. The highest BCUT2D eigenvalue weighted by Crippen LogP contribution is 2.34. The van der Waals surface area contributed by atoms with Gasteiger partial charge in [-0.1, -0.05) is 13.3 Å². The minimum absolute atomic E-state index is 0.126. The fourth-order valence-electron chi connectivity index (χ4n) is 2.75. The number of carboxylic acid groups (broad SMARTS) is 1. The van der Waals surface area contributed by atoms with Gasteiger partial charge >= 0.3 is 5.97 Å². The lowest BCUT2D eigenvalue weighted by molar-refractivity contribution is -0.153. The molecule has 2 atom stereocenters. The van der Waals surface area contributed by atoms with E-state index in [0.29, 0.717) is 13.0 Å². The number of carbonyl (C=O) groups is 2. The number of hydrogen-bond donors (Lipinski definition) is 2. The van der Waals surface area contributed by atoms with Crippen LogP contribution in [-0.2, 0) is 16.0 Å². The molecule has 5 nitrogen and oxygen atoms in total. The third-order valence-corrected chi connectivity index (χ3v) is 4.75. The van der Waals surface area contributed by atoms with E-state index in [9.17, 15) is 14.7 Å². The van der Waals surface area contributed by atoms with Gasteiger partial charge in [-0.2, -0.15) is 0 Å². The van der Waals surface area contributed by atoms with Crippen molar-refractivity contribution in [2.45, 2.75) is 32.2 Å². The van der Waals surface area contributed by atoms with Crippen LogP contribution in [0.25, 0.3) is 0 Å². The van der Waals surface area contributed by atoms with Crippen LogP contribution in [0, 0.1) is 5.92 Å². The molecular formula is C14H20N2O3S. The lowest BCUT2D eigenvalue weighted by Crippen LogP contribution is -2.47. The van der Waals surface area contributed by atoms with E-state index in [0.717, 1.165) is 23.3 Å². The minimum Gasteiger partial charge on any atom is -0.479 e. The van der Waals surface area contributed by atoms with Crippen LogP contribution >= 0.6 is 11.3 Å². The summed E-state index contributed by atoms with van der Waals surface area (Å²) in [6, 6.07) is 0.957. The highest BCUT2D eigenvalue weighted by molar-refractivity contribution is 7.10. The van der Waals surface area contributed by atoms with E-state index >= 15 is 0 Å². The summed E-state index contributed by atoms with van der Waals surface area (Å²) in [6.45, 7) is 2.73. The highest BCUT2D eigenvalue weighted by atomic mass is 32.1. The largest absolute Gasteiger partial charge is 0.479 e. The number of thiophene rings is 1. The van der Waals surface area contributed by atoms with Gasteiger partial charge < -0.3 is 15.7 Å². The van der Waals surface area contributed by atoms with Crippen LogP contribution in [0.3, 0.4) is 0 Å². The summed E-state index contributed by atoms with van der Waals surface area (Å²) in [7, 11) is 0. The van der Waals surface area contributed by atoms with Crippen LogP contribution in [0.15, 0.2) is 11.4 Å². The molecule has 0 aliphatic carbocycles. The predicted octanol–water partition coefficient (Wildman–Crippen LogP) is 1.63. The molecule has 3 N–H and O–H groups in total. The van der Waals surface area contributed by atoms with E-state index < -0.39 is 12.0 Å². The molecule has 2 unspecified atom stereocenters. The Labute approximate surface area is 122 Å². The number of rotatable bonds is 5. The monoisotopic (exact) mass is 296 g/mol. The maximum Gasteiger partial charge on any atom is 0.331 e. The average molecular weight is 296 g/mol. The van der Waals surface area contributed by atoms with Gasteiger partial charge in [0.1, 0.15) is 0 Å². The van der Waals surface area contributed by atoms with Crippen molar-refractivity contribution in [3.05, 3.63) is 21.9 Å². The van der Waals surface area contributed by atoms with Gasteiger partial charge in [0.25, 0.3) is 0 Å². The maximum absolute atomic E-state index is 12.6. The lowest BCUT2D eigenvalue weighted by atomic mass is 9.95. The first-order valence-corrected chi connectivity index (χ1v) is 7.77. The Balaban J connectivity index is 2.27. The summed E-state index contributed by atoms with van der Waals surface area (Å²) in [5, 5.41) is 11.4. The first-order valence-electron chi connectivity index (χ1n) is 6.89. The Hall–Kier alpha value is -1.40. The molecule has 1 amide bonds. The van der Waals surface area contributed by atoms with Crippen molar-refractivity contribution in [2.24, 2.45) is 11.7 Å². The van der Waals surface area contributed by atoms with Gasteiger partial charge in [0.15, 0.2) is 6.04 Å². The Morgan fingerprint density at radius 3 is 2.95 bits per heavy atom. The van der Waals surface area contributed by atoms with Gasteiger partial charge in [0.2, 0.25) is 5.91 Å². The summed E-state index contributed by atoms with van der Waals surface area (Å²) in [5.74, 6) is -1.37. The zero-order valence-electron chi connectivity index (χ0n) is 11.5. The number of amides is 1. The highest BCUT2D eigenvalue weighted by Gasteiger charge is 2.38. The van der Waals surface area contributed by atoms with Crippen molar-refractivity contribution < 1.29 is 14.7 Å². The quantitative estimate of drug-likeness (QED) is 0.865. The summed E-state index contributed by atoms with van der Waals surface area (Å²) < 4.78 is 0. The number of carbonyl (C=O) groups excluding carboxylic acids is 1. The normalized spacial score (nSPS) is 19.5. The van der Waals surface area contributed by atoms with Gasteiger partial charge in [-0.05, 0) is 29.9 Å². The second-order valence-corrected chi connectivity index (χ2v) is 6.04. The van der Waals surface area contributed by atoms with E-state index in [-0.39, 0.29) is 18.4 Å². The standard InChI is InChI=1S/C14H20N2O3S/c1-2-3-9(8-15)13(17)16-6-4-11-10(5-7-20-11)12(16)14(18)19/h5,7,9,12H,2-4,6,8,15H2,1H3,(H,18,19). The molecule has 20 heavy (non-hydrogen) atoms. The van der Waals surface area contributed by atoms with Crippen LogP contribution in [0.5, 0.6) is 0 Å². The third-order valence-electron chi connectivity index (χ3n) is 3.75. The third kappa shape index (κ3) is 2.71. The summed E-state index contributed by atoms with van der Waals surface area (Å²) >= 11 is 1.56. The lowest BCUT2D eigenvalue weighted by Gasteiger charge is -2.35. The van der Waals surface area contributed by atoms with Crippen molar-refractivity contribution in [2.75, 3.05) is 13.1 Å². The molecule has 0 spiro atoms. The molecule has 0 aromatic carbocycles. The molecule has 1 aliphatic rings. The molecular weight excluding hydrogens is 276 g/mol. The number of aliphatic carboxylic acids is 1. The van der Waals surface area contributed by atoms with Crippen molar-refractivity contribution in [1.29, 1.82) is 0 Å². The molecule has 110 valence electrons. The van der Waals surface area contributed by atoms with Crippen LogP contribution in [-0.4, -0.2) is 35.0 Å². The fourth-order valence-corrected chi connectivity index (χ4v) is 3.65. The molecule has 1 aliphatic heterocycles. The van der Waals surface area contributed by atoms with Gasteiger partial charge in [0.05, 0.1) is 5.92 Å². The Morgan fingerprint density at radius 1 is 1.60 bits per heavy atom. The SMILES string of the molecule is CCCC(CN)C(=O)N1CCc2sccc2C1C(=O)O. The van der Waals surface area contributed by atoms with Gasteiger partial charge in [-0.3, -0.25) is 4.79 Å². The molecule has 0 fully saturated rings. The van der Waals surface area contributed by atoms with Crippen molar-refractivity contribution in [3.63, 3.8) is 0 Å². The zero-order chi connectivity index (χ0) is 14.7. The van der Waals surface area contributed by atoms with Crippen LogP contribution in [0.2, 0.25) is 0 Å². The molecule has 0 radical (unpaired) electrons. The van der Waals surface area contributed by atoms with Crippen molar-refractivity contribution in [1.82, 2.24) is 4.90 Å². The summed E-state index contributed by atoms with van der Waals surface area (Å²) in [5.41, 5.74) is 6.43. The minimum atomic E-state index is -0.968. The maximum atomic E-state index is 12.6. The fraction of sp³-hybridized carbons (Fsp3) is 0.571. The molecule has 0 saturated heterocycles. The van der Waals surface area contributed by atoms with Gasteiger partial charge in [0, 0.05) is 18.0 Å². The molecule has 1 aromatic rings. The van der Waals surface area contributed by atoms with E-state index in [1.54, 1.807) is 11.3 Å². The van der Waals surface area contributed by atoms with Gasteiger partial charge in [-0.15, -0.1) is 11.3 Å². The van der Waals surface area contributed by atoms with E-state index in [4.69, 9.17) is 5.73 Å². The molecule has 0 saturated carbocycles. The molecule has 2 rings (SSSR count). The molecule has 1 aromatic heterocycles. The second kappa shape index (κ2) is 6.37. The van der Waals surface area contributed by atoms with Crippen LogP contribution in [0.1, 0.15) is 36.2 Å². The van der Waals surface area contributed by atoms with Crippen molar-refractivity contribution >= 4 is 23.2 Å². The Kier molecular flexibility index (Phi) is 4.77. The molecule has 2 heterocycles. The smallest absolute Gasteiger partial charge is 0.331 e. The second-order valence-electron chi connectivity index (χ2n) is 5.04. The van der Waals surface area contributed by atoms with Gasteiger partial charge in [-0.25, -0.2) is 4.79 Å². The summed E-state index contributed by atoms with van der Waals surface area (Å²) in [4.78, 5) is 26.7. The predicted molar refractivity (Wildman–Crippen MR) is 77.6 cm³/mol. The topological polar surface area (TPSA) is 83.6 Å². The number of nitrogens with two attached hydrogens (primary N) is 1. The number of carboxylic acids is 1. The Bertz CT molecular complexity index is 500. The molecule has 6 heteroatoms. The van der Waals surface area contributed by atoms with Crippen LogP contribution in [0.4, 0.5) is 0 Å². The number of nitrogens with zero attached hydrogens (tertiary/aromatic N) is 1. The average Bonchev–Trinajstić information content (AvgIpc) is 2.90.